The number of aromatic nitrogens is 1. The third-order valence-corrected chi connectivity index (χ3v) is 5.92. The van der Waals surface area contributed by atoms with Crippen LogP contribution >= 0.6 is 12.4 Å². The smallest absolute Gasteiger partial charge is 0.290 e. The van der Waals surface area contributed by atoms with Gasteiger partial charge in [0.05, 0.1) is 5.69 Å². The summed E-state index contributed by atoms with van der Waals surface area (Å²) in [7, 11) is 0. The molecule has 0 unspecified atom stereocenters. The van der Waals surface area contributed by atoms with Gasteiger partial charge in [-0.1, -0.05) is 24.9 Å². The second kappa shape index (κ2) is 7.44. The number of hydrogen-bond acceptors (Lipinski definition) is 4. The predicted molar refractivity (Wildman–Crippen MR) is 94.4 cm³/mol. The molecule has 24 heavy (non-hydrogen) atoms. The van der Waals surface area contributed by atoms with Crippen LogP contribution in [-0.2, 0) is 6.42 Å². The summed E-state index contributed by atoms with van der Waals surface area (Å²) in [6.07, 6.45) is 8.85. The van der Waals surface area contributed by atoms with Gasteiger partial charge in [0, 0.05) is 31.2 Å². The van der Waals surface area contributed by atoms with Crippen LogP contribution in [0.4, 0.5) is 0 Å². The van der Waals surface area contributed by atoms with E-state index in [0.717, 1.165) is 37.2 Å². The van der Waals surface area contributed by atoms with Gasteiger partial charge in [0.15, 0.2) is 0 Å². The van der Waals surface area contributed by atoms with Crippen LogP contribution in [0.2, 0.25) is 0 Å². The van der Waals surface area contributed by atoms with Gasteiger partial charge in [0.25, 0.3) is 5.91 Å². The molecule has 2 heterocycles. The zero-order valence-corrected chi connectivity index (χ0v) is 15.2. The van der Waals surface area contributed by atoms with E-state index in [1.54, 1.807) is 6.07 Å². The lowest BCUT2D eigenvalue weighted by molar-refractivity contribution is 0.0889. The van der Waals surface area contributed by atoms with Crippen LogP contribution in [-0.4, -0.2) is 41.1 Å². The number of aryl methyl sites for hydroxylation is 1. The molecule has 1 saturated heterocycles. The van der Waals surface area contributed by atoms with Crippen LogP contribution < -0.4 is 5.32 Å². The zero-order valence-electron chi connectivity index (χ0n) is 14.4. The first-order valence-corrected chi connectivity index (χ1v) is 9.25. The first kappa shape index (κ1) is 17.7. The van der Waals surface area contributed by atoms with E-state index in [2.05, 4.69) is 15.4 Å². The van der Waals surface area contributed by atoms with Gasteiger partial charge in [-0.25, -0.2) is 0 Å². The molecule has 1 aromatic heterocycles. The van der Waals surface area contributed by atoms with Gasteiger partial charge in [-0.15, -0.1) is 12.4 Å². The van der Waals surface area contributed by atoms with Crippen LogP contribution in [0.5, 0.6) is 0 Å². The molecule has 6 heteroatoms. The monoisotopic (exact) mass is 353 g/mol. The van der Waals surface area contributed by atoms with Crippen molar-refractivity contribution >= 4 is 18.3 Å². The summed E-state index contributed by atoms with van der Waals surface area (Å²) >= 11 is 0. The number of hydrogen-bond donors (Lipinski definition) is 1. The van der Waals surface area contributed by atoms with E-state index in [1.165, 1.54) is 38.5 Å². The highest BCUT2D eigenvalue weighted by Crippen LogP contribution is 2.43. The summed E-state index contributed by atoms with van der Waals surface area (Å²) in [6.45, 7) is 4.18. The summed E-state index contributed by atoms with van der Waals surface area (Å²) in [4.78, 5) is 15.1. The van der Waals surface area contributed by atoms with E-state index < -0.39 is 0 Å². The molecule has 2 saturated carbocycles. The summed E-state index contributed by atoms with van der Waals surface area (Å²) in [5.74, 6) is 1.69. The van der Waals surface area contributed by atoms with Crippen molar-refractivity contribution in [3.63, 3.8) is 0 Å². The molecule has 0 radical (unpaired) electrons. The van der Waals surface area contributed by atoms with Crippen molar-refractivity contribution in [3.05, 3.63) is 17.5 Å². The molecule has 0 aromatic carbocycles. The standard InChI is InChI=1S/C18H27N3O2.ClH/c1-2-13-9-17(23-20-13)18(22)19-16-11-21(14-5-3-4-6-14)10-15(16)12-7-8-12;/h9,12,14-16H,2-8,10-11H2,1H3,(H,19,22);1H/t15-,16+;/m1./s1. The van der Waals surface area contributed by atoms with Crippen molar-refractivity contribution in [1.29, 1.82) is 0 Å². The minimum Gasteiger partial charge on any atom is -0.351 e. The van der Waals surface area contributed by atoms with Crippen molar-refractivity contribution < 1.29 is 9.32 Å². The van der Waals surface area contributed by atoms with Crippen LogP contribution in [0.15, 0.2) is 10.6 Å². The second-order valence-electron chi connectivity index (χ2n) is 7.51. The van der Waals surface area contributed by atoms with Gasteiger partial charge in [0.1, 0.15) is 0 Å². The third-order valence-electron chi connectivity index (χ3n) is 5.92. The molecular formula is C18H28ClN3O2. The van der Waals surface area contributed by atoms with E-state index in [4.69, 9.17) is 4.52 Å². The molecule has 0 spiro atoms. The Hall–Kier alpha value is -1.07. The highest BCUT2D eigenvalue weighted by atomic mass is 35.5. The molecule has 1 amide bonds. The minimum absolute atomic E-state index is 0. The third kappa shape index (κ3) is 3.62. The fourth-order valence-electron chi connectivity index (χ4n) is 4.41. The van der Waals surface area contributed by atoms with E-state index in [1.807, 2.05) is 6.92 Å². The minimum atomic E-state index is -0.0962. The molecule has 1 N–H and O–H groups in total. The molecule has 2 atom stereocenters. The number of carbonyl (C=O) groups is 1. The lowest BCUT2D eigenvalue weighted by Gasteiger charge is -2.23. The SMILES string of the molecule is CCc1cc(C(=O)N[C@H]2CN(C3CCCC3)C[C@@H]2C2CC2)on1.Cl. The summed E-state index contributed by atoms with van der Waals surface area (Å²) < 4.78 is 5.19. The average Bonchev–Trinajstić information content (AvgIpc) is 3.01. The second-order valence-corrected chi connectivity index (χ2v) is 7.51. The molecule has 3 fully saturated rings. The number of halogens is 1. The van der Waals surface area contributed by atoms with Crippen LogP contribution in [0, 0.1) is 11.8 Å². The molecule has 1 aliphatic heterocycles. The van der Waals surface area contributed by atoms with Gasteiger partial charge in [-0.2, -0.15) is 0 Å². The van der Waals surface area contributed by atoms with Gasteiger partial charge in [-0.05, 0) is 43.9 Å². The topological polar surface area (TPSA) is 58.4 Å². The van der Waals surface area contributed by atoms with Gasteiger partial charge >= 0.3 is 0 Å². The highest BCUT2D eigenvalue weighted by Gasteiger charge is 2.45. The lowest BCUT2D eigenvalue weighted by atomic mass is 9.98. The van der Waals surface area contributed by atoms with E-state index in [0.29, 0.717) is 11.7 Å². The molecule has 5 nitrogen and oxygen atoms in total. The van der Waals surface area contributed by atoms with Crippen molar-refractivity contribution in [2.45, 2.75) is 64.0 Å². The first-order chi connectivity index (χ1) is 11.2. The Morgan fingerprint density at radius 2 is 2.04 bits per heavy atom. The Balaban J connectivity index is 0.00000169. The van der Waals surface area contributed by atoms with Crippen molar-refractivity contribution in [1.82, 2.24) is 15.4 Å². The van der Waals surface area contributed by atoms with Crippen LogP contribution in [0.3, 0.4) is 0 Å². The van der Waals surface area contributed by atoms with Crippen molar-refractivity contribution in [3.8, 4) is 0 Å². The molecule has 0 bridgehead atoms. The van der Waals surface area contributed by atoms with Crippen molar-refractivity contribution in [2.75, 3.05) is 13.1 Å². The Labute approximate surface area is 149 Å². The van der Waals surface area contributed by atoms with Gasteiger partial charge in [0.2, 0.25) is 5.76 Å². The fraction of sp³-hybridized carbons (Fsp3) is 0.778. The Morgan fingerprint density at radius 3 is 2.67 bits per heavy atom. The maximum Gasteiger partial charge on any atom is 0.290 e. The largest absolute Gasteiger partial charge is 0.351 e. The summed E-state index contributed by atoms with van der Waals surface area (Å²) in [5.41, 5.74) is 0.841. The van der Waals surface area contributed by atoms with Crippen LogP contribution in [0.1, 0.15) is 61.7 Å². The number of nitrogens with zero attached hydrogens (tertiary/aromatic N) is 2. The maximum atomic E-state index is 12.5. The zero-order chi connectivity index (χ0) is 15.8. The highest BCUT2D eigenvalue weighted by molar-refractivity contribution is 5.91. The summed E-state index contributed by atoms with van der Waals surface area (Å²) in [6, 6.07) is 2.78. The molecule has 2 aliphatic carbocycles. The van der Waals surface area contributed by atoms with Crippen molar-refractivity contribution in [2.24, 2.45) is 11.8 Å². The maximum absolute atomic E-state index is 12.5. The Kier molecular flexibility index (Phi) is 5.50. The lowest BCUT2D eigenvalue weighted by Crippen LogP contribution is -2.41. The quantitative estimate of drug-likeness (QED) is 0.883. The van der Waals surface area contributed by atoms with Gasteiger partial charge in [-0.3, -0.25) is 9.69 Å². The summed E-state index contributed by atoms with van der Waals surface area (Å²) in [5, 5.41) is 7.17. The molecular weight excluding hydrogens is 326 g/mol. The van der Waals surface area contributed by atoms with E-state index in [9.17, 15) is 4.79 Å². The average molecular weight is 354 g/mol. The number of rotatable bonds is 5. The molecule has 134 valence electrons. The normalized spacial score (nSPS) is 28.0. The van der Waals surface area contributed by atoms with E-state index >= 15 is 0 Å². The fourth-order valence-corrected chi connectivity index (χ4v) is 4.41. The molecule has 3 aliphatic rings. The Morgan fingerprint density at radius 1 is 1.29 bits per heavy atom. The van der Waals surface area contributed by atoms with E-state index in [-0.39, 0.29) is 24.4 Å². The number of nitrogens with one attached hydrogen (secondary N) is 1. The number of carbonyl (C=O) groups excluding carboxylic acids is 1. The molecule has 1 aromatic rings. The van der Waals surface area contributed by atoms with Crippen LogP contribution in [0.25, 0.3) is 0 Å². The Bertz CT molecular complexity index is 566. The number of amides is 1. The van der Waals surface area contributed by atoms with Gasteiger partial charge < -0.3 is 9.84 Å². The molecule has 4 rings (SSSR count). The predicted octanol–water partition coefficient (Wildman–Crippen LogP) is 3.04. The first-order valence-electron chi connectivity index (χ1n) is 9.25. The number of likely N-dealkylation sites (tertiary alicyclic amines) is 1.